The molecule has 0 atom stereocenters. The summed E-state index contributed by atoms with van der Waals surface area (Å²) in [5.41, 5.74) is 2.39. The second-order valence-corrected chi connectivity index (χ2v) is 11.7. The van der Waals surface area contributed by atoms with Gasteiger partial charge in [0.1, 0.15) is 0 Å². The summed E-state index contributed by atoms with van der Waals surface area (Å²) in [6.45, 7) is 12.6. The minimum absolute atomic E-state index is 0.000922. The summed E-state index contributed by atoms with van der Waals surface area (Å²) in [5, 5.41) is 2.87. The number of amides is 3. The highest BCUT2D eigenvalue weighted by molar-refractivity contribution is 8.01. The number of nitrogens with zero attached hydrogens (tertiary/aromatic N) is 2. The van der Waals surface area contributed by atoms with Gasteiger partial charge in [-0.15, -0.1) is 11.8 Å². The zero-order chi connectivity index (χ0) is 24.3. The normalized spacial score (nSPS) is 18.3. The summed E-state index contributed by atoms with van der Waals surface area (Å²) >= 11 is 1.54. The summed E-state index contributed by atoms with van der Waals surface area (Å²) in [4.78, 5) is 43.6. The van der Waals surface area contributed by atoms with Gasteiger partial charge in [0, 0.05) is 42.1 Å². The van der Waals surface area contributed by atoms with Crippen LogP contribution in [0.1, 0.15) is 89.1 Å². The molecule has 0 radical (unpaired) electrons. The molecule has 1 aromatic carbocycles. The molecule has 3 amide bonds. The van der Waals surface area contributed by atoms with E-state index in [4.69, 9.17) is 0 Å². The van der Waals surface area contributed by atoms with Crippen molar-refractivity contribution in [2.45, 2.75) is 102 Å². The minimum atomic E-state index is -0.605. The predicted molar refractivity (Wildman–Crippen MR) is 135 cm³/mol. The van der Waals surface area contributed by atoms with Crippen LogP contribution in [-0.4, -0.2) is 52.5 Å². The lowest BCUT2D eigenvalue weighted by Gasteiger charge is -2.40. The zero-order valence-electron chi connectivity index (χ0n) is 21.0. The molecule has 182 valence electrons. The molecular weight excluding hydrogens is 434 g/mol. The van der Waals surface area contributed by atoms with Crippen molar-refractivity contribution in [3.8, 4) is 0 Å². The fraction of sp³-hybridized carbons (Fsp3) is 0.654. The van der Waals surface area contributed by atoms with Gasteiger partial charge in [0.2, 0.25) is 11.8 Å². The summed E-state index contributed by atoms with van der Waals surface area (Å²) < 4.78 is -0.605. The molecule has 3 rings (SSSR count). The van der Waals surface area contributed by atoms with Crippen molar-refractivity contribution in [2.24, 2.45) is 0 Å². The Labute approximate surface area is 202 Å². The summed E-state index contributed by atoms with van der Waals surface area (Å²) in [6, 6.07) is 4.36. The van der Waals surface area contributed by atoms with Crippen LogP contribution in [0.5, 0.6) is 0 Å². The van der Waals surface area contributed by atoms with Crippen molar-refractivity contribution in [2.75, 3.05) is 18.0 Å². The van der Waals surface area contributed by atoms with Gasteiger partial charge in [0.25, 0.3) is 5.91 Å². The number of nitrogens with one attached hydrogen (secondary N) is 1. The maximum atomic E-state index is 13.8. The van der Waals surface area contributed by atoms with Crippen LogP contribution in [0.25, 0.3) is 0 Å². The van der Waals surface area contributed by atoms with Crippen LogP contribution < -0.4 is 10.2 Å². The van der Waals surface area contributed by atoms with Crippen molar-refractivity contribution >= 4 is 35.2 Å². The molecule has 1 aromatic rings. The van der Waals surface area contributed by atoms with Gasteiger partial charge in [-0.25, -0.2) is 0 Å². The third kappa shape index (κ3) is 5.56. The Morgan fingerprint density at radius 2 is 1.88 bits per heavy atom. The summed E-state index contributed by atoms with van der Waals surface area (Å²) in [6.07, 6.45) is 6.10. The number of aryl methyl sites for hydroxylation is 1. The molecule has 0 saturated heterocycles. The van der Waals surface area contributed by atoms with Gasteiger partial charge in [0.15, 0.2) is 0 Å². The molecule has 0 bridgehead atoms. The van der Waals surface area contributed by atoms with Gasteiger partial charge in [0.05, 0.1) is 10.4 Å². The SMILES string of the molecule is CCC(=O)NCCN1C(=O)C(C)(C)Sc2cc(C)c(C(=O)N(C(C)C)C3CCCCC3)cc21. The first-order chi connectivity index (χ1) is 15.6. The predicted octanol–water partition coefficient (Wildman–Crippen LogP) is 4.92. The fourth-order valence-corrected chi connectivity index (χ4v) is 6.18. The number of hydrogen-bond acceptors (Lipinski definition) is 4. The maximum Gasteiger partial charge on any atom is 0.254 e. The van der Waals surface area contributed by atoms with Gasteiger partial charge in [-0.3, -0.25) is 14.4 Å². The maximum absolute atomic E-state index is 13.8. The number of fused-ring (bicyclic) bond motifs is 1. The van der Waals surface area contributed by atoms with Crippen LogP contribution in [0.2, 0.25) is 0 Å². The Balaban J connectivity index is 1.96. The van der Waals surface area contributed by atoms with E-state index in [0.29, 0.717) is 25.1 Å². The summed E-state index contributed by atoms with van der Waals surface area (Å²) in [7, 11) is 0. The van der Waals surface area contributed by atoms with E-state index in [9.17, 15) is 14.4 Å². The van der Waals surface area contributed by atoms with E-state index in [2.05, 4.69) is 30.1 Å². The molecule has 1 N–H and O–H groups in total. The van der Waals surface area contributed by atoms with Crippen molar-refractivity contribution in [3.63, 3.8) is 0 Å². The van der Waals surface area contributed by atoms with E-state index in [1.807, 2.05) is 33.8 Å². The summed E-state index contributed by atoms with van der Waals surface area (Å²) in [5.74, 6) is 0.0212. The van der Waals surface area contributed by atoms with Gasteiger partial charge in [-0.2, -0.15) is 0 Å². The van der Waals surface area contributed by atoms with Gasteiger partial charge in [-0.1, -0.05) is 26.2 Å². The molecule has 6 nitrogen and oxygen atoms in total. The van der Waals surface area contributed by atoms with E-state index in [-0.39, 0.29) is 29.8 Å². The van der Waals surface area contributed by atoms with Crippen LogP contribution in [0.15, 0.2) is 17.0 Å². The second-order valence-electron chi connectivity index (χ2n) is 10.0. The first-order valence-electron chi connectivity index (χ1n) is 12.3. The number of anilines is 1. The van der Waals surface area contributed by atoms with Crippen LogP contribution in [0, 0.1) is 6.92 Å². The molecule has 0 spiro atoms. The number of carbonyl (C=O) groups is 3. The second kappa shape index (κ2) is 10.5. The molecule has 1 heterocycles. The zero-order valence-corrected chi connectivity index (χ0v) is 21.8. The molecule has 0 aromatic heterocycles. The number of thioether (sulfide) groups is 1. The fourth-order valence-electron chi connectivity index (χ4n) is 4.92. The Kier molecular flexibility index (Phi) is 8.14. The van der Waals surface area contributed by atoms with Crippen LogP contribution in [0.3, 0.4) is 0 Å². The highest BCUT2D eigenvalue weighted by Crippen LogP contribution is 2.46. The van der Waals surface area contributed by atoms with Gasteiger partial charge < -0.3 is 15.1 Å². The Bertz CT molecular complexity index is 906. The Morgan fingerprint density at radius 1 is 1.21 bits per heavy atom. The van der Waals surface area contributed by atoms with E-state index in [1.165, 1.54) is 19.3 Å². The van der Waals surface area contributed by atoms with E-state index < -0.39 is 4.75 Å². The molecular formula is C26H39N3O3S. The largest absolute Gasteiger partial charge is 0.354 e. The highest BCUT2D eigenvalue weighted by Gasteiger charge is 2.40. The molecule has 1 saturated carbocycles. The highest BCUT2D eigenvalue weighted by atomic mass is 32.2. The average Bonchev–Trinajstić information content (AvgIpc) is 2.76. The standard InChI is InChI=1S/C26H39N3O3S/c1-7-23(30)27-13-14-28-21-16-20(18(4)15-22(21)33-26(5,6)25(28)32)24(31)29(17(2)3)19-11-9-8-10-12-19/h15-17,19H,7-14H2,1-6H3,(H,27,30). The van der Waals surface area contributed by atoms with Crippen molar-refractivity contribution in [1.82, 2.24) is 10.2 Å². The van der Waals surface area contributed by atoms with Crippen molar-refractivity contribution in [3.05, 3.63) is 23.3 Å². The van der Waals surface area contributed by atoms with Gasteiger partial charge >= 0.3 is 0 Å². The topological polar surface area (TPSA) is 69.7 Å². The smallest absolute Gasteiger partial charge is 0.254 e. The van der Waals surface area contributed by atoms with Crippen LogP contribution in [-0.2, 0) is 9.59 Å². The average molecular weight is 474 g/mol. The van der Waals surface area contributed by atoms with Crippen molar-refractivity contribution < 1.29 is 14.4 Å². The van der Waals surface area contributed by atoms with E-state index in [1.54, 1.807) is 16.7 Å². The molecule has 0 unspecified atom stereocenters. The third-order valence-electron chi connectivity index (χ3n) is 6.69. The minimum Gasteiger partial charge on any atom is -0.354 e. The molecule has 1 aliphatic heterocycles. The molecule has 7 heteroatoms. The number of benzene rings is 1. The molecule has 2 aliphatic rings. The van der Waals surface area contributed by atoms with Crippen LogP contribution >= 0.6 is 11.8 Å². The lowest BCUT2D eigenvalue weighted by molar-refractivity contribution is -0.122. The Morgan fingerprint density at radius 3 is 2.48 bits per heavy atom. The first kappa shape index (κ1) is 25.6. The Hall–Kier alpha value is -2.02. The van der Waals surface area contributed by atoms with Gasteiger partial charge in [-0.05, 0) is 65.2 Å². The third-order valence-corrected chi connectivity index (χ3v) is 7.92. The van der Waals surface area contributed by atoms with Crippen LogP contribution in [0.4, 0.5) is 5.69 Å². The lowest BCUT2D eigenvalue weighted by Crippen LogP contribution is -2.49. The van der Waals surface area contributed by atoms with E-state index in [0.717, 1.165) is 29.0 Å². The monoisotopic (exact) mass is 473 g/mol. The molecule has 33 heavy (non-hydrogen) atoms. The number of hydrogen-bond donors (Lipinski definition) is 1. The molecule has 1 fully saturated rings. The number of rotatable bonds is 7. The van der Waals surface area contributed by atoms with Crippen molar-refractivity contribution in [1.29, 1.82) is 0 Å². The number of carbonyl (C=O) groups excluding carboxylic acids is 3. The van der Waals surface area contributed by atoms with E-state index >= 15 is 0 Å². The quantitative estimate of drug-likeness (QED) is 0.610. The lowest BCUT2D eigenvalue weighted by atomic mass is 9.92. The first-order valence-corrected chi connectivity index (χ1v) is 13.1. The molecule has 1 aliphatic carbocycles.